The molecule has 2 atom stereocenters. The number of hydrogen-bond acceptors (Lipinski definition) is 3. The molecule has 2 amide bonds. The molecule has 0 bridgehead atoms. The van der Waals surface area contributed by atoms with Crippen LogP contribution in [0.25, 0.3) is 0 Å². The second-order valence-electron chi connectivity index (χ2n) is 8.19. The lowest BCUT2D eigenvalue weighted by atomic mass is 9.84. The van der Waals surface area contributed by atoms with E-state index in [9.17, 15) is 9.59 Å². The van der Waals surface area contributed by atoms with E-state index in [1.54, 1.807) is 4.90 Å². The van der Waals surface area contributed by atoms with Crippen molar-refractivity contribution in [3.8, 4) is 0 Å². The summed E-state index contributed by atoms with van der Waals surface area (Å²) in [6, 6.07) is 19.6. The van der Waals surface area contributed by atoms with Gasteiger partial charge in [0.2, 0.25) is 5.91 Å². The van der Waals surface area contributed by atoms with E-state index in [2.05, 4.69) is 26.1 Å². The van der Waals surface area contributed by atoms with Crippen LogP contribution in [0.2, 0.25) is 0 Å². The lowest BCUT2D eigenvalue weighted by molar-refractivity contribution is -0.122. The lowest BCUT2D eigenvalue weighted by Gasteiger charge is -2.36. The van der Waals surface area contributed by atoms with E-state index in [1.165, 1.54) is 6.42 Å². The molecule has 31 heavy (non-hydrogen) atoms. The van der Waals surface area contributed by atoms with Gasteiger partial charge in [-0.3, -0.25) is 4.79 Å². The lowest BCUT2D eigenvalue weighted by Crippen LogP contribution is -2.44. The summed E-state index contributed by atoms with van der Waals surface area (Å²) >= 11 is 0. The molecule has 0 saturated carbocycles. The molecule has 3 rings (SSSR count). The molecular weight excluding hydrogens is 388 g/mol. The predicted octanol–water partition coefficient (Wildman–Crippen LogP) is 5.40. The first-order chi connectivity index (χ1) is 15.0. The molecular formula is C26H36N2O3. The largest absolute Gasteiger partial charge is 0.445 e. The van der Waals surface area contributed by atoms with Gasteiger partial charge in [-0.1, -0.05) is 87.9 Å². The Morgan fingerprint density at radius 2 is 1.58 bits per heavy atom. The Bertz CT molecular complexity index is 780. The van der Waals surface area contributed by atoms with Crippen LogP contribution in [-0.4, -0.2) is 30.0 Å². The van der Waals surface area contributed by atoms with Crippen molar-refractivity contribution in [2.45, 2.75) is 53.2 Å². The number of rotatable bonds is 6. The molecule has 5 nitrogen and oxygen atoms in total. The van der Waals surface area contributed by atoms with Crippen LogP contribution in [0.15, 0.2) is 60.7 Å². The van der Waals surface area contributed by atoms with Crippen LogP contribution in [0.3, 0.4) is 0 Å². The Labute approximate surface area is 186 Å². The van der Waals surface area contributed by atoms with Crippen LogP contribution in [0.5, 0.6) is 0 Å². The highest BCUT2D eigenvalue weighted by molar-refractivity contribution is 5.76. The number of likely N-dealkylation sites (tertiary alicyclic amines) is 1. The summed E-state index contributed by atoms with van der Waals surface area (Å²) in [6.07, 6.45) is 2.30. The van der Waals surface area contributed by atoms with E-state index in [0.717, 1.165) is 17.5 Å². The van der Waals surface area contributed by atoms with Crippen molar-refractivity contribution >= 4 is 12.0 Å². The molecule has 2 aromatic carbocycles. The van der Waals surface area contributed by atoms with Crippen molar-refractivity contribution < 1.29 is 14.3 Å². The first-order valence-corrected chi connectivity index (χ1v) is 11.3. The van der Waals surface area contributed by atoms with Crippen molar-refractivity contribution in [2.75, 3.05) is 13.1 Å². The van der Waals surface area contributed by atoms with Crippen molar-refractivity contribution in [2.24, 2.45) is 11.8 Å². The van der Waals surface area contributed by atoms with E-state index in [1.807, 2.05) is 60.7 Å². The van der Waals surface area contributed by atoms with Gasteiger partial charge >= 0.3 is 6.09 Å². The number of amides is 2. The summed E-state index contributed by atoms with van der Waals surface area (Å²) in [5.41, 5.74) is 2.08. The fraction of sp³-hybridized carbons (Fsp3) is 0.462. The Hall–Kier alpha value is -2.82. The van der Waals surface area contributed by atoms with Gasteiger partial charge in [0, 0.05) is 26.1 Å². The SMILES string of the molecule is CCC.C[C@@H]1CN(C(=O)OCc2ccccc2)CC[C@H]1CC(=O)NCc1ccccc1. The Morgan fingerprint density at radius 1 is 1.00 bits per heavy atom. The van der Waals surface area contributed by atoms with Crippen LogP contribution in [-0.2, 0) is 22.7 Å². The first-order valence-electron chi connectivity index (χ1n) is 11.3. The van der Waals surface area contributed by atoms with Crippen molar-refractivity contribution in [1.82, 2.24) is 10.2 Å². The third kappa shape index (κ3) is 8.83. The Kier molecular flexibility index (Phi) is 10.6. The van der Waals surface area contributed by atoms with Crippen LogP contribution >= 0.6 is 0 Å². The van der Waals surface area contributed by atoms with Gasteiger partial charge in [0.15, 0.2) is 0 Å². The van der Waals surface area contributed by atoms with Gasteiger partial charge in [-0.15, -0.1) is 0 Å². The second kappa shape index (κ2) is 13.5. The van der Waals surface area contributed by atoms with Gasteiger partial charge in [-0.25, -0.2) is 4.79 Å². The quantitative estimate of drug-likeness (QED) is 0.675. The third-order valence-electron chi connectivity index (χ3n) is 5.33. The zero-order valence-electron chi connectivity index (χ0n) is 19.0. The number of benzene rings is 2. The van der Waals surface area contributed by atoms with E-state index < -0.39 is 0 Å². The molecule has 5 heteroatoms. The molecule has 1 N–H and O–H groups in total. The fourth-order valence-electron chi connectivity index (χ4n) is 3.58. The smallest absolute Gasteiger partial charge is 0.410 e. The van der Waals surface area contributed by atoms with Gasteiger partial charge in [-0.2, -0.15) is 0 Å². The normalized spacial score (nSPS) is 17.8. The fourth-order valence-corrected chi connectivity index (χ4v) is 3.58. The summed E-state index contributed by atoms with van der Waals surface area (Å²) in [6.45, 7) is 8.46. The van der Waals surface area contributed by atoms with E-state index in [0.29, 0.717) is 26.1 Å². The minimum Gasteiger partial charge on any atom is -0.445 e. The van der Waals surface area contributed by atoms with E-state index in [-0.39, 0.29) is 30.4 Å². The van der Waals surface area contributed by atoms with Gasteiger partial charge in [-0.05, 0) is 29.4 Å². The molecule has 1 saturated heterocycles. The van der Waals surface area contributed by atoms with Crippen LogP contribution in [0.1, 0.15) is 51.2 Å². The number of carbonyl (C=O) groups excluding carboxylic acids is 2. The summed E-state index contributed by atoms with van der Waals surface area (Å²) in [7, 11) is 0. The Morgan fingerprint density at radius 3 is 2.16 bits per heavy atom. The molecule has 1 aliphatic heterocycles. The monoisotopic (exact) mass is 424 g/mol. The first kappa shape index (κ1) is 24.4. The zero-order valence-corrected chi connectivity index (χ0v) is 19.0. The minimum absolute atomic E-state index is 0.0702. The van der Waals surface area contributed by atoms with E-state index in [4.69, 9.17) is 4.74 Å². The van der Waals surface area contributed by atoms with Crippen molar-refractivity contribution in [3.63, 3.8) is 0 Å². The number of hydrogen-bond donors (Lipinski definition) is 1. The highest BCUT2D eigenvalue weighted by Gasteiger charge is 2.30. The van der Waals surface area contributed by atoms with Crippen LogP contribution in [0, 0.1) is 11.8 Å². The number of nitrogens with zero attached hydrogens (tertiary/aromatic N) is 1. The number of ether oxygens (including phenoxy) is 1. The highest BCUT2D eigenvalue weighted by atomic mass is 16.6. The topological polar surface area (TPSA) is 58.6 Å². The minimum atomic E-state index is -0.275. The molecule has 0 aliphatic carbocycles. The summed E-state index contributed by atoms with van der Waals surface area (Å²) in [5.74, 6) is 0.621. The van der Waals surface area contributed by atoms with Crippen molar-refractivity contribution in [1.29, 1.82) is 0 Å². The maximum Gasteiger partial charge on any atom is 0.410 e. The Balaban J connectivity index is 0.00000107. The molecule has 168 valence electrons. The number of carbonyl (C=O) groups is 2. The molecule has 1 heterocycles. The number of nitrogens with one attached hydrogen (secondary N) is 1. The summed E-state index contributed by atoms with van der Waals surface area (Å²) in [4.78, 5) is 26.4. The predicted molar refractivity (Wildman–Crippen MR) is 124 cm³/mol. The van der Waals surface area contributed by atoms with Gasteiger partial charge in [0.25, 0.3) is 0 Å². The molecule has 0 unspecified atom stereocenters. The van der Waals surface area contributed by atoms with Gasteiger partial charge in [0.05, 0.1) is 0 Å². The summed E-state index contributed by atoms with van der Waals surface area (Å²) < 4.78 is 5.43. The molecule has 0 radical (unpaired) electrons. The number of piperidine rings is 1. The van der Waals surface area contributed by atoms with Crippen LogP contribution in [0.4, 0.5) is 4.79 Å². The molecule has 0 aromatic heterocycles. The molecule has 1 aliphatic rings. The average Bonchev–Trinajstić information content (AvgIpc) is 2.79. The van der Waals surface area contributed by atoms with Gasteiger partial charge < -0.3 is 15.0 Å². The van der Waals surface area contributed by atoms with Gasteiger partial charge in [0.1, 0.15) is 6.61 Å². The van der Waals surface area contributed by atoms with E-state index >= 15 is 0 Å². The standard InChI is InChI=1S/C23H28N2O3.C3H8/c1-18-16-25(23(27)28-17-20-10-6-3-7-11-20)13-12-21(18)14-22(26)24-15-19-8-4-2-5-9-19;1-3-2/h2-11,18,21H,12-17H2,1H3,(H,24,26);3H2,1-2H3/t18-,21+;/m1./s1. The summed E-state index contributed by atoms with van der Waals surface area (Å²) in [5, 5.41) is 3.00. The highest BCUT2D eigenvalue weighted by Crippen LogP contribution is 2.26. The average molecular weight is 425 g/mol. The second-order valence-corrected chi connectivity index (χ2v) is 8.19. The molecule has 2 aromatic rings. The van der Waals surface area contributed by atoms with Crippen molar-refractivity contribution in [3.05, 3.63) is 71.8 Å². The maximum atomic E-state index is 12.3. The van der Waals surface area contributed by atoms with Crippen LogP contribution < -0.4 is 5.32 Å². The third-order valence-corrected chi connectivity index (χ3v) is 5.33. The maximum absolute atomic E-state index is 12.3. The molecule has 0 spiro atoms. The molecule has 1 fully saturated rings. The zero-order chi connectivity index (χ0) is 22.5.